The number of anilines is 1. The standard InChI is InChI=1S/C18H24N6O/c1-22-14(4-5-20-22)12-24-13-2-3-17(24)15-11-19-18(21-16(15)10-13)23-6-8-25-9-7-23/h4-5,11,13,17H,2-3,6-10,12H2,1H3. The van der Waals surface area contributed by atoms with Crippen molar-refractivity contribution in [3.05, 3.63) is 35.4 Å². The molecule has 2 aromatic rings. The Morgan fingerprint density at radius 2 is 2.12 bits per heavy atom. The van der Waals surface area contributed by atoms with Gasteiger partial charge in [0.25, 0.3) is 0 Å². The first-order chi connectivity index (χ1) is 12.3. The van der Waals surface area contributed by atoms with Crippen LogP contribution in [-0.4, -0.2) is 57.0 Å². The summed E-state index contributed by atoms with van der Waals surface area (Å²) in [4.78, 5) is 14.5. The molecule has 7 heteroatoms. The summed E-state index contributed by atoms with van der Waals surface area (Å²) in [6.07, 6.45) is 7.44. The molecule has 0 aromatic carbocycles. The molecule has 2 aromatic heterocycles. The molecule has 0 spiro atoms. The average Bonchev–Trinajstić information content (AvgIpc) is 3.17. The van der Waals surface area contributed by atoms with E-state index in [2.05, 4.69) is 27.2 Å². The van der Waals surface area contributed by atoms with E-state index >= 15 is 0 Å². The van der Waals surface area contributed by atoms with Crippen LogP contribution < -0.4 is 4.90 Å². The van der Waals surface area contributed by atoms with Crippen molar-refractivity contribution in [3.8, 4) is 0 Å². The fourth-order valence-electron chi connectivity index (χ4n) is 4.47. The van der Waals surface area contributed by atoms with Crippen LogP contribution in [0.5, 0.6) is 0 Å². The summed E-state index contributed by atoms with van der Waals surface area (Å²) >= 11 is 0. The first-order valence-electron chi connectivity index (χ1n) is 9.21. The van der Waals surface area contributed by atoms with Crippen molar-refractivity contribution in [2.75, 3.05) is 31.2 Å². The number of aromatic nitrogens is 4. The van der Waals surface area contributed by atoms with E-state index in [-0.39, 0.29) is 0 Å². The first-order valence-corrected chi connectivity index (χ1v) is 9.21. The number of hydrogen-bond acceptors (Lipinski definition) is 6. The van der Waals surface area contributed by atoms with Crippen molar-refractivity contribution in [2.24, 2.45) is 7.05 Å². The second-order valence-corrected chi connectivity index (χ2v) is 7.24. The smallest absolute Gasteiger partial charge is 0.225 e. The molecule has 0 N–H and O–H groups in total. The third-order valence-corrected chi connectivity index (χ3v) is 5.88. The van der Waals surface area contributed by atoms with Gasteiger partial charge in [-0.15, -0.1) is 0 Å². The van der Waals surface area contributed by atoms with Crippen molar-refractivity contribution in [3.63, 3.8) is 0 Å². The molecule has 2 atom stereocenters. The SMILES string of the molecule is Cn1nccc1CN1C2CCC1c1cnc(N3CCOCC3)nc1C2. The summed E-state index contributed by atoms with van der Waals surface area (Å²) in [7, 11) is 2.02. The van der Waals surface area contributed by atoms with Crippen molar-refractivity contribution >= 4 is 5.95 Å². The van der Waals surface area contributed by atoms with E-state index < -0.39 is 0 Å². The Labute approximate surface area is 147 Å². The second-order valence-electron chi connectivity index (χ2n) is 7.24. The van der Waals surface area contributed by atoms with Gasteiger partial charge in [0.15, 0.2) is 0 Å². The lowest BCUT2D eigenvalue weighted by molar-refractivity contribution is 0.122. The van der Waals surface area contributed by atoms with Crippen molar-refractivity contribution in [1.29, 1.82) is 0 Å². The minimum Gasteiger partial charge on any atom is -0.378 e. The second kappa shape index (κ2) is 6.07. The lowest BCUT2D eigenvalue weighted by Crippen LogP contribution is -2.40. The Bertz CT molecular complexity index is 769. The fourth-order valence-corrected chi connectivity index (χ4v) is 4.47. The van der Waals surface area contributed by atoms with Crippen molar-refractivity contribution in [1.82, 2.24) is 24.6 Å². The minimum atomic E-state index is 0.447. The van der Waals surface area contributed by atoms with Gasteiger partial charge in [-0.3, -0.25) is 9.58 Å². The Morgan fingerprint density at radius 3 is 2.92 bits per heavy atom. The highest BCUT2D eigenvalue weighted by Gasteiger charge is 2.41. The number of fused-ring (bicyclic) bond motifs is 4. The molecule has 3 aliphatic heterocycles. The maximum absolute atomic E-state index is 5.44. The van der Waals surface area contributed by atoms with Crippen molar-refractivity contribution < 1.29 is 4.74 Å². The number of morpholine rings is 1. The van der Waals surface area contributed by atoms with Crippen LogP contribution in [0.3, 0.4) is 0 Å². The van der Waals surface area contributed by atoms with Gasteiger partial charge in [-0.05, 0) is 18.9 Å². The van der Waals surface area contributed by atoms with Gasteiger partial charge in [0.1, 0.15) is 0 Å². The molecule has 0 radical (unpaired) electrons. The highest BCUT2D eigenvalue weighted by molar-refractivity contribution is 5.37. The maximum atomic E-state index is 5.44. The zero-order chi connectivity index (χ0) is 16.8. The molecule has 5 heterocycles. The summed E-state index contributed by atoms with van der Waals surface area (Å²) < 4.78 is 7.42. The van der Waals surface area contributed by atoms with Crippen LogP contribution in [0.2, 0.25) is 0 Å². The van der Waals surface area contributed by atoms with Crippen LogP contribution in [0, 0.1) is 0 Å². The van der Waals surface area contributed by atoms with Crippen LogP contribution in [-0.2, 0) is 24.8 Å². The molecular weight excluding hydrogens is 316 g/mol. The fraction of sp³-hybridized carbons (Fsp3) is 0.611. The molecule has 25 heavy (non-hydrogen) atoms. The first kappa shape index (κ1) is 15.3. The van der Waals surface area contributed by atoms with Crippen LogP contribution in [0.4, 0.5) is 5.95 Å². The monoisotopic (exact) mass is 340 g/mol. The lowest BCUT2D eigenvalue weighted by Gasteiger charge is -2.36. The molecular formula is C18H24N6O. The van der Waals surface area contributed by atoms with Gasteiger partial charge in [0.05, 0.1) is 24.6 Å². The summed E-state index contributed by atoms with van der Waals surface area (Å²) in [5, 5.41) is 4.31. The highest BCUT2D eigenvalue weighted by atomic mass is 16.5. The molecule has 2 saturated heterocycles. The van der Waals surface area contributed by atoms with Gasteiger partial charge in [-0.25, -0.2) is 9.97 Å². The number of rotatable bonds is 3. The maximum Gasteiger partial charge on any atom is 0.225 e. The van der Waals surface area contributed by atoms with Crippen LogP contribution in [0.25, 0.3) is 0 Å². The van der Waals surface area contributed by atoms with E-state index in [1.54, 1.807) is 0 Å². The Hall–Kier alpha value is -1.99. The molecule has 2 bridgehead atoms. The molecule has 5 rings (SSSR count). The van der Waals surface area contributed by atoms with Gasteiger partial charge < -0.3 is 9.64 Å². The molecule has 2 unspecified atom stereocenters. The van der Waals surface area contributed by atoms with Gasteiger partial charge >= 0.3 is 0 Å². The van der Waals surface area contributed by atoms with E-state index in [4.69, 9.17) is 14.7 Å². The molecule has 7 nitrogen and oxygen atoms in total. The van der Waals surface area contributed by atoms with E-state index in [1.165, 1.54) is 29.8 Å². The Balaban J connectivity index is 1.41. The summed E-state index contributed by atoms with van der Waals surface area (Å²) in [5.74, 6) is 0.876. The average molecular weight is 340 g/mol. The Kier molecular flexibility index (Phi) is 3.71. The van der Waals surface area contributed by atoms with E-state index in [0.29, 0.717) is 12.1 Å². The summed E-state index contributed by atoms with van der Waals surface area (Å²) in [5.41, 5.74) is 3.85. The molecule has 0 saturated carbocycles. The van der Waals surface area contributed by atoms with E-state index in [9.17, 15) is 0 Å². The number of nitrogens with zero attached hydrogens (tertiary/aromatic N) is 6. The molecule has 2 fully saturated rings. The Morgan fingerprint density at radius 1 is 1.24 bits per heavy atom. The third-order valence-electron chi connectivity index (χ3n) is 5.88. The zero-order valence-electron chi connectivity index (χ0n) is 14.6. The van der Waals surface area contributed by atoms with Crippen LogP contribution in [0.1, 0.15) is 35.8 Å². The van der Waals surface area contributed by atoms with Crippen LogP contribution in [0.15, 0.2) is 18.5 Å². The van der Waals surface area contributed by atoms with E-state index in [1.807, 2.05) is 17.9 Å². The van der Waals surface area contributed by atoms with Gasteiger partial charge in [0, 0.05) is 63.1 Å². The topological polar surface area (TPSA) is 59.3 Å². The van der Waals surface area contributed by atoms with Crippen LogP contribution >= 0.6 is 0 Å². The number of aryl methyl sites for hydroxylation is 1. The predicted molar refractivity (Wildman–Crippen MR) is 93.3 cm³/mol. The van der Waals surface area contributed by atoms with Gasteiger partial charge in [-0.1, -0.05) is 0 Å². The quantitative estimate of drug-likeness (QED) is 0.840. The highest BCUT2D eigenvalue weighted by Crippen LogP contribution is 2.43. The lowest BCUT2D eigenvalue weighted by atomic mass is 9.99. The normalized spacial score (nSPS) is 26.0. The summed E-state index contributed by atoms with van der Waals surface area (Å²) in [6, 6.07) is 3.15. The van der Waals surface area contributed by atoms with Crippen molar-refractivity contribution in [2.45, 2.75) is 37.9 Å². The number of hydrogen-bond donors (Lipinski definition) is 0. The summed E-state index contributed by atoms with van der Waals surface area (Å²) in [6.45, 7) is 4.27. The van der Waals surface area contributed by atoms with E-state index in [0.717, 1.165) is 45.2 Å². The molecule has 132 valence electrons. The predicted octanol–water partition coefficient (Wildman–Crippen LogP) is 1.31. The molecule has 0 aliphatic carbocycles. The molecule has 0 amide bonds. The van der Waals surface area contributed by atoms with Gasteiger partial charge in [0.2, 0.25) is 5.95 Å². The zero-order valence-corrected chi connectivity index (χ0v) is 14.6. The third kappa shape index (κ3) is 2.62. The minimum absolute atomic E-state index is 0.447. The molecule has 3 aliphatic rings. The van der Waals surface area contributed by atoms with Gasteiger partial charge in [-0.2, -0.15) is 5.10 Å². The largest absolute Gasteiger partial charge is 0.378 e. The number of ether oxygens (including phenoxy) is 1.